The number of carboxylic acid groups (broad SMARTS) is 1. The predicted molar refractivity (Wildman–Crippen MR) is 131 cm³/mol. The molecule has 2 aromatic carbocycles. The van der Waals surface area contributed by atoms with Gasteiger partial charge in [0.2, 0.25) is 5.91 Å². The molecule has 2 fully saturated rings. The number of carboxylic acids is 1. The van der Waals surface area contributed by atoms with Gasteiger partial charge >= 0.3 is 12.1 Å². The van der Waals surface area contributed by atoms with Gasteiger partial charge < -0.3 is 20.5 Å². The summed E-state index contributed by atoms with van der Waals surface area (Å²) in [4.78, 5) is 37.3. The monoisotopic (exact) mass is 476 g/mol. The first-order valence-corrected chi connectivity index (χ1v) is 12.5. The Morgan fingerprint density at radius 2 is 1.66 bits per heavy atom. The summed E-state index contributed by atoms with van der Waals surface area (Å²) in [5, 5.41) is 15.1. The minimum Gasteiger partial charge on any atom is -0.481 e. The second-order valence-corrected chi connectivity index (χ2v) is 10.3. The Bertz CT molecular complexity index is 1100. The molecule has 7 heteroatoms. The number of benzene rings is 2. The van der Waals surface area contributed by atoms with Crippen molar-refractivity contribution in [1.82, 2.24) is 10.6 Å². The van der Waals surface area contributed by atoms with Gasteiger partial charge in [-0.25, -0.2) is 4.79 Å². The van der Waals surface area contributed by atoms with Crippen LogP contribution in [0.4, 0.5) is 4.79 Å². The van der Waals surface area contributed by atoms with Gasteiger partial charge in [-0.2, -0.15) is 0 Å². The molecule has 3 aliphatic carbocycles. The maximum absolute atomic E-state index is 13.2. The molecule has 7 nitrogen and oxygen atoms in total. The summed E-state index contributed by atoms with van der Waals surface area (Å²) in [6.45, 7) is 2.08. The third-order valence-electron chi connectivity index (χ3n) is 8.01. The number of hydrogen-bond donors (Lipinski definition) is 3. The van der Waals surface area contributed by atoms with Crippen molar-refractivity contribution in [3.63, 3.8) is 0 Å². The largest absolute Gasteiger partial charge is 0.481 e. The van der Waals surface area contributed by atoms with Crippen molar-refractivity contribution in [3.05, 3.63) is 59.7 Å². The van der Waals surface area contributed by atoms with Crippen molar-refractivity contribution >= 4 is 18.0 Å². The van der Waals surface area contributed by atoms with Crippen molar-refractivity contribution in [3.8, 4) is 11.1 Å². The van der Waals surface area contributed by atoms with Crippen LogP contribution in [-0.4, -0.2) is 41.8 Å². The highest BCUT2D eigenvalue weighted by Gasteiger charge is 2.47. The maximum Gasteiger partial charge on any atom is 0.407 e. The smallest absolute Gasteiger partial charge is 0.407 e. The van der Waals surface area contributed by atoms with Crippen LogP contribution >= 0.6 is 0 Å². The highest BCUT2D eigenvalue weighted by molar-refractivity contribution is 5.85. The van der Waals surface area contributed by atoms with E-state index < -0.39 is 17.5 Å². The van der Waals surface area contributed by atoms with Crippen LogP contribution in [0.15, 0.2) is 48.5 Å². The highest BCUT2D eigenvalue weighted by atomic mass is 16.5. The molecule has 2 amide bonds. The van der Waals surface area contributed by atoms with E-state index in [2.05, 4.69) is 34.9 Å². The van der Waals surface area contributed by atoms with E-state index in [-0.39, 0.29) is 42.9 Å². The van der Waals surface area contributed by atoms with E-state index in [1.807, 2.05) is 31.2 Å². The zero-order chi connectivity index (χ0) is 24.6. The van der Waals surface area contributed by atoms with Crippen molar-refractivity contribution in [2.24, 2.45) is 11.3 Å². The first-order chi connectivity index (χ1) is 16.9. The quantitative estimate of drug-likeness (QED) is 0.522. The molecule has 0 bridgehead atoms. The number of hydrogen-bond acceptors (Lipinski definition) is 4. The minimum absolute atomic E-state index is 0.0262. The van der Waals surface area contributed by atoms with Gasteiger partial charge in [0.1, 0.15) is 6.61 Å². The van der Waals surface area contributed by atoms with E-state index in [4.69, 9.17) is 4.74 Å². The summed E-state index contributed by atoms with van der Waals surface area (Å²) in [6, 6.07) is 15.7. The van der Waals surface area contributed by atoms with E-state index in [1.54, 1.807) is 0 Å². The average molecular weight is 477 g/mol. The Morgan fingerprint density at radius 3 is 2.26 bits per heavy atom. The molecule has 2 saturated carbocycles. The molecule has 35 heavy (non-hydrogen) atoms. The molecule has 3 N–H and O–H groups in total. The van der Waals surface area contributed by atoms with Crippen molar-refractivity contribution < 1.29 is 24.2 Å². The number of carbonyl (C=O) groups is 3. The topological polar surface area (TPSA) is 105 Å². The lowest BCUT2D eigenvalue weighted by Gasteiger charge is -2.32. The molecule has 0 aliphatic heterocycles. The van der Waals surface area contributed by atoms with E-state index in [0.717, 1.165) is 30.4 Å². The molecule has 0 radical (unpaired) electrons. The van der Waals surface area contributed by atoms with Crippen LogP contribution in [-0.2, 0) is 14.3 Å². The summed E-state index contributed by atoms with van der Waals surface area (Å²) in [5.41, 5.74) is 3.84. The lowest BCUT2D eigenvalue weighted by atomic mass is 9.83. The van der Waals surface area contributed by atoms with Gasteiger partial charge in [-0.3, -0.25) is 9.59 Å². The molecule has 3 unspecified atom stereocenters. The minimum atomic E-state index is -0.910. The Morgan fingerprint density at radius 1 is 1.03 bits per heavy atom. The third kappa shape index (κ3) is 4.64. The molecule has 0 saturated heterocycles. The van der Waals surface area contributed by atoms with E-state index in [9.17, 15) is 19.5 Å². The number of ether oxygens (including phenoxy) is 1. The molecule has 0 heterocycles. The molecule has 184 valence electrons. The molecule has 3 aliphatic rings. The fraction of sp³-hybridized carbons (Fsp3) is 0.464. The van der Waals surface area contributed by atoms with Gasteiger partial charge in [0, 0.05) is 18.0 Å². The fourth-order valence-electron chi connectivity index (χ4n) is 5.81. The number of alkyl carbamates (subject to hydrolysis) is 1. The second-order valence-electron chi connectivity index (χ2n) is 10.3. The van der Waals surface area contributed by atoms with Crippen LogP contribution in [0.25, 0.3) is 11.1 Å². The van der Waals surface area contributed by atoms with Crippen molar-refractivity contribution in [2.75, 3.05) is 6.61 Å². The lowest BCUT2D eigenvalue weighted by molar-refractivity contribution is -0.138. The van der Waals surface area contributed by atoms with Gasteiger partial charge in [-0.15, -0.1) is 0 Å². The van der Waals surface area contributed by atoms with Gasteiger partial charge in [0.25, 0.3) is 0 Å². The van der Waals surface area contributed by atoms with Gasteiger partial charge in [-0.1, -0.05) is 55.0 Å². The number of amides is 2. The van der Waals surface area contributed by atoms with Crippen LogP contribution in [0.3, 0.4) is 0 Å². The number of fused-ring (bicyclic) bond motifs is 3. The SMILES string of the molecule is CC1(C(=O)NC(CC(=O)O)C2CC2)CCCC1NC(=O)OCC1c2ccccc2-c2ccccc21. The van der Waals surface area contributed by atoms with E-state index in [1.165, 1.54) is 11.1 Å². The first kappa shape index (κ1) is 23.4. The summed E-state index contributed by atoms with van der Waals surface area (Å²) in [6.07, 6.45) is 3.41. The van der Waals surface area contributed by atoms with E-state index in [0.29, 0.717) is 12.8 Å². The molecule has 5 rings (SSSR count). The van der Waals surface area contributed by atoms with Gasteiger partial charge in [0.05, 0.1) is 11.8 Å². The van der Waals surface area contributed by atoms with Crippen molar-refractivity contribution in [1.29, 1.82) is 0 Å². The normalized spacial score (nSPS) is 23.7. The van der Waals surface area contributed by atoms with Gasteiger partial charge in [-0.05, 0) is 60.8 Å². The number of aliphatic carboxylic acids is 1. The Labute approximate surface area is 205 Å². The summed E-state index contributed by atoms with van der Waals surface area (Å²) in [7, 11) is 0. The standard InChI is InChI=1S/C28H32N2O5/c1-28(26(33)29-23(15-25(31)32)17-12-13-17)14-6-11-24(28)30-27(34)35-16-22-20-9-4-2-7-18(20)19-8-3-5-10-21(19)22/h2-5,7-10,17,22-24H,6,11-16H2,1H3,(H,29,33)(H,30,34)(H,31,32). The molecule has 3 atom stereocenters. The summed E-state index contributed by atoms with van der Waals surface area (Å²) >= 11 is 0. The zero-order valence-corrected chi connectivity index (χ0v) is 20.0. The Hall–Kier alpha value is -3.35. The first-order valence-electron chi connectivity index (χ1n) is 12.5. The van der Waals surface area contributed by atoms with Crippen LogP contribution in [0.2, 0.25) is 0 Å². The molecular formula is C28H32N2O5. The van der Waals surface area contributed by atoms with Crippen LogP contribution in [0, 0.1) is 11.3 Å². The predicted octanol–water partition coefficient (Wildman–Crippen LogP) is 4.45. The Kier molecular flexibility index (Phi) is 6.26. The molecule has 0 aromatic heterocycles. The van der Waals surface area contributed by atoms with E-state index >= 15 is 0 Å². The molecule has 0 spiro atoms. The number of carbonyl (C=O) groups excluding carboxylic acids is 2. The second kappa shape index (κ2) is 9.36. The van der Waals surface area contributed by atoms with Crippen LogP contribution in [0.5, 0.6) is 0 Å². The molecular weight excluding hydrogens is 444 g/mol. The highest BCUT2D eigenvalue weighted by Crippen LogP contribution is 2.45. The van der Waals surface area contributed by atoms with Crippen LogP contribution < -0.4 is 10.6 Å². The average Bonchev–Trinajstić information content (AvgIpc) is 3.56. The number of rotatable bonds is 8. The zero-order valence-electron chi connectivity index (χ0n) is 20.0. The molecule has 2 aromatic rings. The van der Waals surface area contributed by atoms with Gasteiger partial charge in [0.15, 0.2) is 0 Å². The summed E-state index contributed by atoms with van der Waals surface area (Å²) < 4.78 is 5.70. The van der Waals surface area contributed by atoms with Crippen LogP contribution in [0.1, 0.15) is 62.5 Å². The maximum atomic E-state index is 13.2. The Balaban J connectivity index is 1.22. The number of nitrogens with one attached hydrogen (secondary N) is 2. The lowest BCUT2D eigenvalue weighted by Crippen LogP contribution is -2.53. The summed E-state index contributed by atoms with van der Waals surface area (Å²) in [5.74, 6) is -0.889. The third-order valence-corrected chi connectivity index (χ3v) is 8.01. The van der Waals surface area contributed by atoms with Crippen molar-refractivity contribution in [2.45, 2.75) is 63.5 Å². The fourth-order valence-corrected chi connectivity index (χ4v) is 5.81.